The number of pyridine rings is 1. The molecule has 1 heterocycles. The monoisotopic (exact) mass is 416 g/mol. The summed E-state index contributed by atoms with van der Waals surface area (Å²) in [5.41, 5.74) is 5.10. The van der Waals surface area contributed by atoms with E-state index < -0.39 is 12.1 Å². The predicted octanol–water partition coefficient (Wildman–Crippen LogP) is 5.42. The Morgan fingerprint density at radius 2 is 1.81 bits per heavy atom. The Hall–Kier alpha value is -3.21. The molecule has 1 aliphatic rings. The van der Waals surface area contributed by atoms with Gasteiger partial charge in [-0.3, -0.25) is 9.78 Å². The normalized spacial score (nSPS) is 14.7. The molecule has 4 rings (SSSR count). The number of para-hydroxylation sites is 2. The molecule has 0 aliphatic heterocycles. The second-order valence-corrected chi connectivity index (χ2v) is 8.22. The number of fused-ring (bicyclic) bond motifs is 2. The van der Waals surface area contributed by atoms with Gasteiger partial charge in [0.05, 0.1) is 11.1 Å². The van der Waals surface area contributed by atoms with E-state index in [1.807, 2.05) is 48.5 Å². The van der Waals surface area contributed by atoms with Crippen LogP contribution in [-0.4, -0.2) is 23.0 Å². The Kier molecular flexibility index (Phi) is 6.03. The van der Waals surface area contributed by atoms with Crippen molar-refractivity contribution in [2.45, 2.75) is 58.5 Å². The van der Waals surface area contributed by atoms with Crippen molar-refractivity contribution in [3.8, 4) is 0 Å². The molecular weight excluding hydrogens is 388 g/mol. The van der Waals surface area contributed by atoms with Gasteiger partial charge in [0.1, 0.15) is 0 Å². The molecule has 31 heavy (non-hydrogen) atoms. The summed E-state index contributed by atoms with van der Waals surface area (Å²) in [4.78, 5) is 30.7. The summed E-state index contributed by atoms with van der Waals surface area (Å²) in [5.74, 6) is -0.478. The maximum absolute atomic E-state index is 13.2. The van der Waals surface area contributed by atoms with Crippen molar-refractivity contribution in [3.63, 3.8) is 0 Å². The summed E-state index contributed by atoms with van der Waals surface area (Å²) in [5, 5.41) is 3.72. The second-order valence-electron chi connectivity index (χ2n) is 8.22. The quantitative estimate of drug-likeness (QED) is 0.545. The lowest BCUT2D eigenvalue weighted by atomic mass is 9.97. The van der Waals surface area contributed by atoms with Crippen molar-refractivity contribution in [2.24, 2.45) is 0 Å². The van der Waals surface area contributed by atoms with Gasteiger partial charge in [-0.25, -0.2) is 4.79 Å². The van der Waals surface area contributed by atoms with Crippen LogP contribution in [0.5, 0.6) is 0 Å². The standard InChI is InChI=1S/C26H28N2O3/c1-4-16(2)18-10-5-7-13-21(18)28-25(29)17(3)31-26(30)24-19-11-6-8-14-22(19)27-23-15-9-12-20(23)24/h5-8,10-11,13-14,16-17H,4,9,12,15H2,1-3H3,(H,28,29)/t16-,17-/m0/s1. The van der Waals surface area contributed by atoms with Gasteiger partial charge in [-0.1, -0.05) is 50.2 Å². The summed E-state index contributed by atoms with van der Waals surface area (Å²) in [7, 11) is 0. The predicted molar refractivity (Wildman–Crippen MR) is 122 cm³/mol. The van der Waals surface area contributed by atoms with Gasteiger partial charge in [0.15, 0.2) is 6.10 Å². The molecule has 160 valence electrons. The minimum Gasteiger partial charge on any atom is -0.449 e. The average Bonchev–Trinajstić information content (AvgIpc) is 3.25. The fraction of sp³-hybridized carbons (Fsp3) is 0.346. The first-order valence-electron chi connectivity index (χ1n) is 11.0. The third-order valence-corrected chi connectivity index (χ3v) is 6.14. The topological polar surface area (TPSA) is 68.3 Å². The van der Waals surface area contributed by atoms with E-state index in [0.29, 0.717) is 11.5 Å². The zero-order chi connectivity index (χ0) is 22.0. The van der Waals surface area contributed by atoms with E-state index in [9.17, 15) is 9.59 Å². The Morgan fingerprint density at radius 1 is 1.06 bits per heavy atom. The highest BCUT2D eigenvalue weighted by molar-refractivity contribution is 6.06. The van der Waals surface area contributed by atoms with E-state index in [0.717, 1.165) is 59.1 Å². The molecule has 0 saturated carbocycles. The van der Waals surface area contributed by atoms with E-state index in [1.165, 1.54) is 0 Å². The Labute approximate surface area is 182 Å². The number of nitrogens with zero attached hydrogens (tertiary/aromatic N) is 1. The Bertz CT molecular complexity index is 1140. The SMILES string of the molecule is CC[C@H](C)c1ccccc1NC(=O)[C@H](C)OC(=O)c1c2c(nc3ccccc13)CCC2. The largest absolute Gasteiger partial charge is 0.449 e. The van der Waals surface area contributed by atoms with Crippen molar-refractivity contribution >= 4 is 28.5 Å². The number of aryl methyl sites for hydroxylation is 1. The molecule has 2 aromatic carbocycles. The zero-order valence-electron chi connectivity index (χ0n) is 18.3. The molecule has 2 atom stereocenters. The second kappa shape index (κ2) is 8.88. The van der Waals surface area contributed by atoms with Gasteiger partial charge in [0, 0.05) is 16.8 Å². The van der Waals surface area contributed by atoms with Crippen LogP contribution in [0.1, 0.15) is 66.7 Å². The highest BCUT2D eigenvalue weighted by Gasteiger charge is 2.27. The molecule has 5 nitrogen and oxygen atoms in total. The van der Waals surface area contributed by atoms with Gasteiger partial charge in [-0.2, -0.15) is 0 Å². The number of hydrogen-bond acceptors (Lipinski definition) is 4. The maximum atomic E-state index is 13.2. The van der Waals surface area contributed by atoms with E-state index in [1.54, 1.807) is 6.92 Å². The van der Waals surface area contributed by atoms with E-state index in [2.05, 4.69) is 19.2 Å². The van der Waals surface area contributed by atoms with Crippen LogP contribution in [0, 0.1) is 0 Å². The van der Waals surface area contributed by atoms with Crippen molar-refractivity contribution in [1.82, 2.24) is 4.98 Å². The van der Waals surface area contributed by atoms with Crippen LogP contribution < -0.4 is 5.32 Å². The molecule has 1 amide bonds. The first-order valence-corrected chi connectivity index (χ1v) is 11.0. The third-order valence-electron chi connectivity index (χ3n) is 6.14. The van der Waals surface area contributed by atoms with E-state index in [4.69, 9.17) is 9.72 Å². The average molecular weight is 417 g/mol. The fourth-order valence-electron chi connectivity index (χ4n) is 4.21. The van der Waals surface area contributed by atoms with Crippen molar-refractivity contribution in [1.29, 1.82) is 0 Å². The minimum absolute atomic E-state index is 0.320. The van der Waals surface area contributed by atoms with Crippen LogP contribution in [0.2, 0.25) is 0 Å². The summed E-state index contributed by atoms with van der Waals surface area (Å²) in [6.07, 6.45) is 2.70. The number of ether oxygens (including phenoxy) is 1. The molecule has 1 N–H and O–H groups in total. The van der Waals surface area contributed by atoms with Gasteiger partial charge < -0.3 is 10.1 Å². The summed E-state index contributed by atoms with van der Waals surface area (Å²) >= 11 is 0. The Balaban J connectivity index is 1.56. The molecule has 0 radical (unpaired) electrons. The zero-order valence-corrected chi connectivity index (χ0v) is 18.3. The Morgan fingerprint density at radius 3 is 2.61 bits per heavy atom. The number of anilines is 1. The van der Waals surface area contributed by atoms with Crippen LogP contribution >= 0.6 is 0 Å². The van der Waals surface area contributed by atoms with E-state index >= 15 is 0 Å². The molecule has 1 aliphatic carbocycles. The molecule has 1 aromatic heterocycles. The molecule has 0 spiro atoms. The fourth-order valence-corrected chi connectivity index (χ4v) is 4.21. The molecule has 0 fully saturated rings. The minimum atomic E-state index is -0.915. The van der Waals surface area contributed by atoms with Crippen LogP contribution in [0.15, 0.2) is 48.5 Å². The van der Waals surface area contributed by atoms with Gasteiger partial charge >= 0.3 is 5.97 Å². The lowest BCUT2D eigenvalue weighted by Gasteiger charge is -2.19. The molecule has 0 saturated heterocycles. The molecule has 5 heteroatoms. The third kappa shape index (κ3) is 4.18. The number of esters is 1. The molecule has 0 bridgehead atoms. The maximum Gasteiger partial charge on any atom is 0.339 e. The van der Waals surface area contributed by atoms with Gasteiger partial charge in [0.25, 0.3) is 5.91 Å². The van der Waals surface area contributed by atoms with Gasteiger partial charge in [0.2, 0.25) is 0 Å². The van der Waals surface area contributed by atoms with Crippen molar-refractivity contribution < 1.29 is 14.3 Å². The van der Waals surface area contributed by atoms with E-state index in [-0.39, 0.29) is 5.91 Å². The number of nitrogens with one attached hydrogen (secondary N) is 1. The number of carbonyl (C=O) groups excluding carboxylic acids is 2. The number of benzene rings is 2. The smallest absolute Gasteiger partial charge is 0.339 e. The number of carbonyl (C=O) groups is 2. The molecular formula is C26H28N2O3. The van der Waals surface area contributed by atoms with Crippen molar-refractivity contribution in [2.75, 3.05) is 5.32 Å². The molecule has 3 aromatic rings. The summed E-state index contributed by atoms with van der Waals surface area (Å²) in [6, 6.07) is 15.4. The van der Waals surface area contributed by atoms with Crippen LogP contribution in [-0.2, 0) is 22.4 Å². The van der Waals surface area contributed by atoms with Gasteiger partial charge in [-0.15, -0.1) is 0 Å². The van der Waals surface area contributed by atoms with Gasteiger partial charge in [-0.05, 0) is 61.8 Å². The van der Waals surface area contributed by atoms with Crippen LogP contribution in [0.3, 0.4) is 0 Å². The summed E-state index contributed by atoms with van der Waals surface area (Å²) in [6.45, 7) is 5.86. The summed E-state index contributed by atoms with van der Waals surface area (Å²) < 4.78 is 5.65. The van der Waals surface area contributed by atoms with Crippen LogP contribution in [0.25, 0.3) is 10.9 Å². The number of aromatic nitrogens is 1. The number of rotatable bonds is 6. The lowest BCUT2D eigenvalue weighted by Crippen LogP contribution is -2.30. The first-order chi connectivity index (χ1) is 15.0. The van der Waals surface area contributed by atoms with Crippen LogP contribution in [0.4, 0.5) is 5.69 Å². The van der Waals surface area contributed by atoms with Crippen molar-refractivity contribution in [3.05, 3.63) is 70.9 Å². The highest BCUT2D eigenvalue weighted by atomic mass is 16.5. The number of hydrogen-bond donors (Lipinski definition) is 1. The highest BCUT2D eigenvalue weighted by Crippen LogP contribution is 2.31. The molecule has 0 unspecified atom stereocenters. The first kappa shape index (κ1) is 21.0. The number of amides is 1. The lowest BCUT2D eigenvalue weighted by molar-refractivity contribution is -0.123.